The second-order valence-electron chi connectivity index (χ2n) is 6.98. The molecule has 2 aromatic carbocycles. The number of nitrogens with zero attached hydrogens (tertiary/aromatic N) is 2. The standard InChI is InChI=1S/C23H29N3O/c27-23(24-14-13-22-10-5-2-6-11-22)20-26-18-16-25(17-19-26)15-7-12-21-8-3-1-4-9-21/h1-12H,13-20H2,(H,24,27). The number of rotatable bonds is 8. The highest BCUT2D eigenvalue weighted by atomic mass is 16.2. The average molecular weight is 364 g/mol. The Labute approximate surface area is 162 Å². The van der Waals surface area contributed by atoms with E-state index >= 15 is 0 Å². The second kappa shape index (κ2) is 10.7. The van der Waals surface area contributed by atoms with E-state index in [-0.39, 0.29) is 5.91 Å². The van der Waals surface area contributed by atoms with Gasteiger partial charge in [0.05, 0.1) is 6.54 Å². The van der Waals surface area contributed by atoms with Crippen molar-refractivity contribution in [1.29, 1.82) is 0 Å². The topological polar surface area (TPSA) is 35.6 Å². The third-order valence-corrected chi connectivity index (χ3v) is 4.88. The number of hydrogen-bond acceptors (Lipinski definition) is 3. The largest absolute Gasteiger partial charge is 0.355 e. The van der Waals surface area contributed by atoms with Gasteiger partial charge in [0.15, 0.2) is 0 Å². The highest BCUT2D eigenvalue weighted by molar-refractivity contribution is 5.78. The fraction of sp³-hybridized carbons (Fsp3) is 0.348. The molecule has 0 bridgehead atoms. The van der Waals surface area contributed by atoms with Crippen molar-refractivity contribution in [2.24, 2.45) is 0 Å². The maximum absolute atomic E-state index is 12.1. The van der Waals surface area contributed by atoms with E-state index in [0.717, 1.165) is 39.1 Å². The zero-order chi connectivity index (χ0) is 18.7. The number of nitrogens with one attached hydrogen (secondary N) is 1. The predicted octanol–water partition coefficient (Wildman–Crippen LogP) is 2.68. The molecular formula is C23H29N3O. The Morgan fingerprint density at radius 3 is 2.22 bits per heavy atom. The van der Waals surface area contributed by atoms with Crippen LogP contribution < -0.4 is 5.32 Å². The molecule has 0 saturated carbocycles. The predicted molar refractivity (Wildman–Crippen MR) is 112 cm³/mol. The summed E-state index contributed by atoms with van der Waals surface area (Å²) in [5.41, 5.74) is 2.50. The summed E-state index contributed by atoms with van der Waals surface area (Å²) in [6, 6.07) is 20.7. The molecule has 1 aliphatic heterocycles. The highest BCUT2D eigenvalue weighted by Crippen LogP contribution is 2.04. The lowest BCUT2D eigenvalue weighted by Crippen LogP contribution is -2.49. The van der Waals surface area contributed by atoms with Gasteiger partial charge in [0.2, 0.25) is 5.91 Å². The average Bonchev–Trinajstić information content (AvgIpc) is 2.71. The molecule has 0 unspecified atom stereocenters. The molecule has 1 heterocycles. The number of carbonyl (C=O) groups is 1. The Hall–Kier alpha value is -2.43. The van der Waals surface area contributed by atoms with Crippen LogP contribution in [0.2, 0.25) is 0 Å². The molecule has 1 fully saturated rings. The van der Waals surface area contributed by atoms with Crippen molar-refractivity contribution in [1.82, 2.24) is 15.1 Å². The highest BCUT2D eigenvalue weighted by Gasteiger charge is 2.17. The Kier molecular flexibility index (Phi) is 7.63. The Balaban J connectivity index is 1.29. The first-order valence-corrected chi connectivity index (χ1v) is 9.76. The van der Waals surface area contributed by atoms with Gasteiger partial charge in [0.25, 0.3) is 0 Å². The molecule has 0 spiro atoms. The summed E-state index contributed by atoms with van der Waals surface area (Å²) in [6.45, 7) is 6.09. The molecule has 0 radical (unpaired) electrons. The van der Waals surface area contributed by atoms with E-state index in [1.165, 1.54) is 11.1 Å². The minimum Gasteiger partial charge on any atom is -0.355 e. The van der Waals surface area contributed by atoms with Crippen LogP contribution in [0.1, 0.15) is 11.1 Å². The van der Waals surface area contributed by atoms with Crippen molar-refractivity contribution < 1.29 is 4.79 Å². The van der Waals surface area contributed by atoms with Crippen molar-refractivity contribution >= 4 is 12.0 Å². The van der Waals surface area contributed by atoms with E-state index in [0.29, 0.717) is 13.1 Å². The molecule has 1 N–H and O–H groups in total. The van der Waals surface area contributed by atoms with Gasteiger partial charge in [0.1, 0.15) is 0 Å². The van der Waals surface area contributed by atoms with Crippen LogP contribution >= 0.6 is 0 Å². The Morgan fingerprint density at radius 2 is 1.52 bits per heavy atom. The summed E-state index contributed by atoms with van der Waals surface area (Å²) in [4.78, 5) is 16.8. The smallest absolute Gasteiger partial charge is 0.234 e. The summed E-state index contributed by atoms with van der Waals surface area (Å²) in [5.74, 6) is 0.128. The molecule has 1 saturated heterocycles. The molecule has 0 aromatic heterocycles. The van der Waals surface area contributed by atoms with Gasteiger partial charge in [-0.15, -0.1) is 0 Å². The molecule has 1 aliphatic rings. The van der Waals surface area contributed by atoms with Gasteiger partial charge in [-0.3, -0.25) is 14.6 Å². The molecule has 4 nitrogen and oxygen atoms in total. The molecule has 0 aliphatic carbocycles. The Morgan fingerprint density at radius 1 is 0.889 bits per heavy atom. The van der Waals surface area contributed by atoms with Crippen LogP contribution in [-0.4, -0.2) is 61.5 Å². The number of carbonyl (C=O) groups excluding carboxylic acids is 1. The summed E-state index contributed by atoms with van der Waals surface area (Å²) < 4.78 is 0. The van der Waals surface area contributed by atoms with E-state index < -0.39 is 0 Å². The molecular weight excluding hydrogens is 334 g/mol. The van der Waals surface area contributed by atoms with Crippen molar-refractivity contribution in [3.63, 3.8) is 0 Å². The van der Waals surface area contributed by atoms with Gasteiger partial charge in [0, 0.05) is 39.3 Å². The second-order valence-corrected chi connectivity index (χ2v) is 6.98. The van der Waals surface area contributed by atoms with Gasteiger partial charge < -0.3 is 5.32 Å². The molecule has 1 amide bonds. The van der Waals surface area contributed by atoms with E-state index in [9.17, 15) is 4.79 Å². The van der Waals surface area contributed by atoms with Crippen LogP contribution in [0.15, 0.2) is 66.7 Å². The summed E-state index contributed by atoms with van der Waals surface area (Å²) in [7, 11) is 0. The van der Waals surface area contributed by atoms with Gasteiger partial charge >= 0.3 is 0 Å². The minimum absolute atomic E-state index is 0.128. The summed E-state index contributed by atoms with van der Waals surface area (Å²) >= 11 is 0. The maximum Gasteiger partial charge on any atom is 0.234 e. The normalized spacial score (nSPS) is 15.9. The first-order chi connectivity index (χ1) is 13.3. The lowest BCUT2D eigenvalue weighted by atomic mass is 10.1. The fourth-order valence-electron chi connectivity index (χ4n) is 3.28. The third kappa shape index (κ3) is 7.00. The zero-order valence-corrected chi connectivity index (χ0v) is 15.9. The van der Waals surface area contributed by atoms with E-state index in [2.05, 4.69) is 63.7 Å². The molecule has 0 atom stereocenters. The molecule has 2 aromatic rings. The monoisotopic (exact) mass is 363 g/mol. The first-order valence-electron chi connectivity index (χ1n) is 9.76. The third-order valence-electron chi connectivity index (χ3n) is 4.88. The summed E-state index contributed by atoms with van der Waals surface area (Å²) in [6.07, 6.45) is 5.28. The first kappa shape index (κ1) is 19.3. The molecule has 142 valence electrons. The van der Waals surface area contributed by atoms with Crippen molar-refractivity contribution in [2.75, 3.05) is 45.8 Å². The van der Waals surface area contributed by atoms with Gasteiger partial charge in [-0.1, -0.05) is 72.8 Å². The molecule has 27 heavy (non-hydrogen) atoms. The number of benzene rings is 2. The van der Waals surface area contributed by atoms with Crippen LogP contribution in [0, 0.1) is 0 Å². The maximum atomic E-state index is 12.1. The van der Waals surface area contributed by atoms with Crippen LogP contribution in [-0.2, 0) is 11.2 Å². The van der Waals surface area contributed by atoms with E-state index in [4.69, 9.17) is 0 Å². The van der Waals surface area contributed by atoms with Gasteiger partial charge in [-0.2, -0.15) is 0 Å². The quantitative estimate of drug-likeness (QED) is 0.783. The van der Waals surface area contributed by atoms with Crippen LogP contribution in [0.4, 0.5) is 0 Å². The summed E-state index contributed by atoms with van der Waals surface area (Å²) in [5, 5.41) is 3.04. The number of piperazine rings is 1. The number of amides is 1. The SMILES string of the molecule is O=C(CN1CCN(CC=Cc2ccccc2)CC1)NCCc1ccccc1. The van der Waals surface area contributed by atoms with E-state index in [1.807, 2.05) is 24.3 Å². The zero-order valence-electron chi connectivity index (χ0n) is 15.9. The lowest BCUT2D eigenvalue weighted by Gasteiger charge is -2.33. The minimum atomic E-state index is 0.128. The molecule has 3 rings (SSSR count). The van der Waals surface area contributed by atoms with Crippen LogP contribution in [0.3, 0.4) is 0 Å². The van der Waals surface area contributed by atoms with Crippen molar-refractivity contribution in [2.45, 2.75) is 6.42 Å². The van der Waals surface area contributed by atoms with E-state index in [1.54, 1.807) is 0 Å². The molecule has 4 heteroatoms. The van der Waals surface area contributed by atoms with Crippen molar-refractivity contribution in [3.05, 3.63) is 77.9 Å². The van der Waals surface area contributed by atoms with Crippen LogP contribution in [0.5, 0.6) is 0 Å². The van der Waals surface area contributed by atoms with Crippen molar-refractivity contribution in [3.8, 4) is 0 Å². The van der Waals surface area contributed by atoms with Crippen LogP contribution in [0.25, 0.3) is 6.08 Å². The van der Waals surface area contributed by atoms with Gasteiger partial charge in [-0.25, -0.2) is 0 Å². The Bertz CT molecular complexity index is 707. The fourth-order valence-corrected chi connectivity index (χ4v) is 3.28. The van der Waals surface area contributed by atoms with Gasteiger partial charge in [-0.05, 0) is 17.5 Å². The number of hydrogen-bond donors (Lipinski definition) is 1. The lowest BCUT2D eigenvalue weighted by molar-refractivity contribution is -0.122.